The van der Waals surface area contributed by atoms with Gasteiger partial charge in [-0.25, -0.2) is 0 Å². The van der Waals surface area contributed by atoms with E-state index in [-0.39, 0.29) is 0 Å². The third-order valence-corrected chi connectivity index (χ3v) is 4.71. The molecule has 0 heterocycles. The molecule has 0 aromatic heterocycles. The molecule has 0 aromatic carbocycles. The van der Waals surface area contributed by atoms with E-state index in [1.807, 2.05) is 0 Å². The second kappa shape index (κ2) is 5.82. The summed E-state index contributed by atoms with van der Waals surface area (Å²) in [6.07, 6.45) is 6.53. The van der Waals surface area contributed by atoms with Gasteiger partial charge in [0.25, 0.3) is 0 Å². The monoisotopic (exact) mass is 267 g/mol. The molecule has 2 rings (SSSR count). The van der Waals surface area contributed by atoms with Crippen LogP contribution in [0.25, 0.3) is 0 Å². The van der Waals surface area contributed by atoms with Crippen molar-refractivity contribution >= 4 is 5.97 Å². The Balaban J connectivity index is 2.07. The summed E-state index contributed by atoms with van der Waals surface area (Å²) in [5.74, 6) is 0.617. The van der Waals surface area contributed by atoms with Crippen LogP contribution in [0, 0.1) is 17.3 Å². The summed E-state index contributed by atoms with van der Waals surface area (Å²) >= 11 is 0. The van der Waals surface area contributed by atoms with Crippen LogP contribution in [-0.2, 0) is 4.79 Å². The van der Waals surface area contributed by atoms with Gasteiger partial charge in [0.05, 0.1) is 5.41 Å². The highest BCUT2D eigenvalue weighted by Crippen LogP contribution is 2.42. The lowest BCUT2D eigenvalue weighted by Gasteiger charge is -2.40. The largest absolute Gasteiger partial charge is 0.481 e. The van der Waals surface area contributed by atoms with Crippen molar-refractivity contribution in [1.29, 1.82) is 0 Å². The molecule has 2 aliphatic carbocycles. The van der Waals surface area contributed by atoms with E-state index < -0.39 is 11.4 Å². The minimum Gasteiger partial charge on any atom is -0.481 e. The van der Waals surface area contributed by atoms with Gasteiger partial charge in [-0.05, 0) is 37.5 Å². The molecule has 2 atom stereocenters. The molecule has 0 bridgehead atoms. The first kappa shape index (κ1) is 14.8. The van der Waals surface area contributed by atoms with Crippen molar-refractivity contribution in [2.75, 3.05) is 13.1 Å². The number of nitrogens with zero attached hydrogens (tertiary/aromatic N) is 1. The number of hydrogen-bond donors (Lipinski definition) is 1. The summed E-state index contributed by atoms with van der Waals surface area (Å²) in [6.45, 7) is 8.49. The van der Waals surface area contributed by atoms with Crippen molar-refractivity contribution in [3.05, 3.63) is 0 Å². The number of rotatable bonds is 6. The fourth-order valence-electron chi connectivity index (χ4n) is 3.71. The zero-order valence-corrected chi connectivity index (χ0v) is 12.7. The standard InChI is InChI=1S/C16H29NO2/c1-12(2)10-17(14-6-7-14)11-16(15(18)19)8-4-5-13(3)9-16/h12-14H,4-11H2,1-3H3,(H,18,19). The lowest BCUT2D eigenvalue weighted by molar-refractivity contribution is -0.154. The van der Waals surface area contributed by atoms with Crippen LogP contribution in [0.5, 0.6) is 0 Å². The quantitative estimate of drug-likeness (QED) is 0.802. The molecule has 0 aromatic rings. The summed E-state index contributed by atoms with van der Waals surface area (Å²) in [6, 6.07) is 0.663. The molecular formula is C16H29NO2. The van der Waals surface area contributed by atoms with Crippen LogP contribution in [0.15, 0.2) is 0 Å². The molecule has 0 spiro atoms. The fraction of sp³-hybridized carbons (Fsp3) is 0.938. The molecule has 0 amide bonds. The highest BCUT2D eigenvalue weighted by atomic mass is 16.4. The van der Waals surface area contributed by atoms with E-state index in [2.05, 4.69) is 25.7 Å². The summed E-state index contributed by atoms with van der Waals surface area (Å²) in [7, 11) is 0. The molecule has 3 nitrogen and oxygen atoms in total. The number of carbonyl (C=O) groups is 1. The molecule has 0 aliphatic heterocycles. The summed E-state index contributed by atoms with van der Waals surface area (Å²) < 4.78 is 0. The Morgan fingerprint density at radius 1 is 1.37 bits per heavy atom. The van der Waals surface area contributed by atoms with Gasteiger partial charge in [0.1, 0.15) is 0 Å². The molecule has 0 saturated heterocycles. The molecule has 2 fully saturated rings. The van der Waals surface area contributed by atoms with Crippen molar-refractivity contribution in [2.45, 2.75) is 65.3 Å². The van der Waals surface area contributed by atoms with Gasteiger partial charge in [-0.15, -0.1) is 0 Å². The number of carboxylic acids is 1. The van der Waals surface area contributed by atoms with Crippen LogP contribution in [0.3, 0.4) is 0 Å². The summed E-state index contributed by atoms with van der Waals surface area (Å²) in [5.41, 5.74) is -0.477. The smallest absolute Gasteiger partial charge is 0.310 e. The maximum absolute atomic E-state index is 11.9. The van der Waals surface area contributed by atoms with E-state index in [0.717, 1.165) is 32.4 Å². The number of carboxylic acid groups (broad SMARTS) is 1. The fourth-order valence-corrected chi connectivity index (χ4v) is 3.71. The lowest BCUT2D eigenvalue weighted by atomic mass is 9.69. The molecule has 19 heavy (non-hydrogen) atoms. The van der Waals surface area contributed by atoms with Crippen LogP contribution in [0.4, 0.5) is 0 Å². The third-order valence-electron chi connectivity index (χ3n) is 4.71. The van der Waals surface area contributed by atoms with Crippen molar-refractivity contribution in [3.8, 4) is 0 Å². The Bertz CT molecular complexity index is 325. The van der Waals surface area contributed by atoms with Gasteiger partial charge in [0, 0.05) is 19.1 Å². The normalized spacial score (nSPS) is 31.9. The zero-order chi connectivity index (χ0) is 14.0. The van der Waals surface area contributed by atoms with Gasteiger partial charge in [0.2, 0.25) is 0 Å². The van der Waals surface area contributed by atoms with Crippen molar-refractivity contribution in [2.24, 2.45) is 17.3 Å². The Morgan fingerprint density at radius 2 is 2.05 bits per heavy atom. The van der Waals surface area contributed by atoms with E-state index in [4.69, 9.17) is 0 Å². The Labute approximate surface area is 117 Å². The second-order valence-corrected chi connectivity index (χ2v) is 7.34. The molecule has 2 aliphatic rings. The Hall–Kier alpha value is -0.570. The minimum atomic E-state index is -0.562. The minimum absolute atomic E-state index is 0.477. The van der Waals surface area contributed by atoms with E-state index in [1.165, 1.54) is 19.3 Å². The SMILES string of the molecule is CC(C)CN(CC1(C(=O)O)CCCC(C)C1)C1CC1. The van der Waals surface area contributed by atoms with Crippen LogP contribution < -0.4 is 0 Å². The van der Waals surface area contributed by atoms with Crippen LogP contribution in [0.2, 0.25) is 0 Å². The summed E-state index contributed by atoms with van der Waals surface area (Å²) in [4.78, 5) is 14.3. The lowest BCUT2D eigenvalue weighted by Crippen LogP contribution is -2.47. The molecular weight excluding hydrogens is 238 g/mol. The van der Waals surface area contributed by atoms with E-state index in [0.29, 0.717) is 17.9 Å². The van der Waals surface area contributed by atoms with E-state index >= 15 is 0 Å². The number of aliphatic carboxylic acids is 1. The van der Waals surface area contributed by atoms with Gasteiger partial charge in [0.15, 0.2) is 0 Å². The predicted molar refractivity (Wildman–Crippen MR) is 77.1 cm³/mol. The molecule has 3 heteroatoms. The maximum Gasteiger partial charge on any atom is 0.310 e. The van der Waals surface area contributed by atoms with Gasteiger partial charge >= 0.3 is 5.97 Å². The van der Waals surface area contributed by atoms with Crippen LogP contribution in [-0.4, -0.2) is 35.1 Å². The average molecular weight is 267 g/mol. The first-order valence-corrected chi connectivity index (χ1v) is 7.90. The highest BCUT2D eigenvalue weighted by molar-refractivity contribution is 5.75. The molecule has 110 valence electrons. The van der Waals surface area contributed by atoms with Crippen molar-refractivity contribution < 1.29 is 9.90 Å². The molecule has 2 saturated carbocycles. The average Bonchev–Trinajstić information content (AvgIpc) is 3.11. The zero-order valence-electron chi connectivity index (χ0n) is 12.7. The molecule has 0 radical (unpaired) electrons. The first-order valence-electron chi connectivity index (χ1n) is 7.90. The first-order chi connectivity index (χ1) is 8.93. The van der Waals surface area contributed by atoms with Gasteiger partial charge in [-0.1, -0.05) is 33.6 Å². The molecule has 1 N–H and O–H groups in total. The Morgan fingerprint density at radius 3 is 2.53 bits per heavy atom. The highest BCUT2D eigenvalue weighted by Gasteiger charge is 2.45. The van der Waals surface area contributed by atoms with E-state index in [9.17, 15) is 9.90 Å². The number of hydrogen-bond acceptors (Lipinski definition) is 2. The Kier molecular flexibility index (Phi) is 4.54. The van der Waals surface area contributed by atoms with E-state index in [1.54, 1.807) is 0 Å². The van der Waals surface area contributed by atoms with Crippen molar-refractivity contribution in [1.82, 2.24) is 4.90 Å². The van der Waals surface area contributed by atoms with Gasteiger partial charge in [-0.2, -0.15) is 0 Å². The third kappa shape index (κ3) is 3.71. The maximum atomic E-state index is 11.9. The van der Waals surface area contributed by atoms with Gasteiger partial charge < -0.3 is 5.11 Å². The molecule has 2 unspecified atom stereocenters. The van der Waals surface area contributed by atoms with Crippen molar-refractivity contribution in [3.63, 3.8) is 0 Å². The van der Waals surface area contributed by atoms with Crippen LogP contribution in [0.1, 0.15) is 59.3 Å². The van der Waals surface area contributed by atoms with Crippen LogP contribution >= 0.6 is 0 Å². The second-order valence-electron chi connectivity index (χ2n) is 7.34. The van der Waals surface area contributed by atoms with Gasteiger partial charge in [-0.3, -0.25) is 9.69 Å². The summed E-state index contributed by atoms with van der Waals surface area (Å²) in [5, 5.41) is 9.77. The predicted octanol–water partition coefficient (Wildman–Crippen LogP) is 3.39. The topological polar surface area (TPSA) is 40.5 Å².